The molecule has 2 aliphatic heterocycles. The number of nitrogens with zero attached hydrogens (tertiary/aromatic N) is 1. The number of amides is 1. The maximum atomic E-state index is 12.9. The third kappa shape index (κ3) is 5.13. The molecule has 2 heterocycles. The molecule has 0 spiro atoms. The molecule has 9 heteroatoms. The number of carbonyl (C=O) groups is 2. The summed E-state index contributed by atoms with van der Waals surface area (Å²) in [5, 5.41) is 2.48. The van der Waals surface area contributed by atoms with Crippen LogP contribution < -0.4 is 14.8 Å². The van der Waals surface area contributed by atoms with Crippen LogP contribution >= 0.6 is 0 Å². The molecule has 6 nitrogen and oxygen atoms in total. The number of ketones is 1. The van der Waals surface area contributed by atoms with Gasteiger partial charge in [-0.1, -0.05) is 12.1 Å². The highest BCUT2D eigenvalue weighted by molar-refractivity contribution is 5.94. The van der Waals surface area contributed by atoms with Crippen molar-refractivity contribution in [1.29, 1.82) is 0 Å². The van der Waals surface area contributed by atoms with Crippen LogP contribution in [0.15, 0.2) is 42.5 Å². The number of hydrogen-bond donors (Lipinski definition) is 1. The zero-order valence-corrected chi connectivity index (χ0v) is 21.0. The molecule has 3 fully saturated rings. The topological polar surface area (TPSA) is 67.9 Å². The van der Waals surface area contributed by atoms with Gasteiger partial charge in [0.2, 0.25) is 12.7 Å². The molecule has 1 unspecified atom stereocenters. The second-order valence-corrected chi connectivity index (χ2v) is 11.0. The van der Waals surface area contributed by atoms with Crippen LogP contribution in [0.4, 0.5) is 18.9 Å². The molecule has 202 valence electrons. The number of anilines is 1. The second-order valence-electron chi connectivity index (χ2n) is 11.0. The summed E-state index contributed by atoms with van der Waals surface area (Å²) in [5.41, 5.74) is 0.590. The normalized spacial score (nSPS) is 28.1. The first-order chi connectivity index (χ1) is 18.3. The summed E-state index contributed by atoms with van der Waals surface area (Å²) in [7, 11) is 0. The zero-order chi connectivity index (χ0) is 26.4. The Morgan fingerprint density at radius 1 is 0.921 bits per heavy atom. The average Bonchev–Trinajstić information content (AvgIpc) is 3.22. The quantitative estimate of drug-likeness (QED) is 0.505. The summed E-state index contributed by atoms with van der Waals surface area (Å²) < 4.78 is 49.6. The molecule has 0 bridgehead atoms. The fraction of sp³-hybridized carbons (Fsp3) is 0.517. The molecule has 1 saturated heterocycles. The SMILES string of the molecule is O=C(CCC(=O)C1[C@H]2CN(C3CCC(c4ccc5c(c4)OCO5)CC3)C[C@@H]12)Nc1cccc(C(F)(F)F)c1. The summed E-state index contributed by atoms with van der Waals surface area (Å²) >= 11 is 0. The van der Waals surface area contributed by atoms with Crippen LogP contribution in [0.5, 0.6) is 11.5 Å². The number of carbonyl (C=O) groups excluding carboxylic acids is 2. The fourth-order valence-corrected chi connectivity index (χ4v) is 6.68. The van der Waals surface area contributed by atoms with E-state index in [2.05, 4.69) is 22.3 Å². The van der Waals surface area contributed by atoms with Crippen molar-refractivity contribution in [3.8, 4) is 11.5 Å². The van der Waals surface area contributed by atoms with Crippen LogP contribution in [0.25, 0.3) is 0 Å². The highest BCUT2D eigenvalue weighted by atomic mass is 19.4. The van der Waals surface area contributed by atoms with Gasteiger partial charge < -0.3 is 14.8 Å². The number of benzene rings is 2. The molecule has 0 aromatic heterocycles. The molecule has 0 radical (unpaired) electrons. The number of likely N-dealkylation sites (tertiary alicyclic amines) is 1. The first kappa shape index (κ1) is 25.2. The lowest BCUT2D eigenvalue weighted by Gasteiger charge is -2.36. The fourth-order valence-electron chi connectivity index (χ4n) is 6.68. The summed E-state index contributed by atoms with van der Waals surface area (Å²) in [4.78, 5) is 27.6. The van der Waals surface area contributed by atoms with Crippen LogP contribution in [-0.2, 0) is 15.8 Å². The van der Waals surface area contributed by atoms with Gasteiger partial charge in [-0.15, -0.1) is 0 Å². The molecule has 2 aromatic rings. The van der Waals surface area contributed by atoms with Gasteiger partial charge in [-0.3, -0.25) is 14.5 Å². The number of piperidine rings is 1. The van der Waals surface area contributed by atoms with Crippen molar-refractivity contribution in [2.45, 2.75) is 56.7 Å². The number of halogens is 3. The maximum Gasteiger partial charge on any atom is 0.416 e. The Labute approximate surface area is 219 Å². The first-order valence-electron chi connectivity index (χ1n) is 13.4. The van der Waals surface area contributed by atoms with Crippen LogP contribution in [0.1, 0.15) is 55.6 Å². The number of alkyl halides is 3. The van der Waals surface area contributed by atoms with Crippen LogP contribution in [0.3, 0.4) is 0 Å². The minimum absolute atomic E-state index is 0.0153. The summed E-state index contributed by atoms with van der Waals surface area (Å²) in [5.74, 6) is 2.63. The van der Waals surface area contributed by atoms with Crippen molar-refractivity contribution in [2.75, 3.05) is 25.2 Å². The minimum atomic E-state index is -4.47. The largest absolute Gasteiger partial charge is 0.454 e. The summed E-state index contributed by atoms with van der Waals surface area (Å²) in [6.07, 6.45) is 0.210. The lowest BCUT2D eigenvalue weighted by atomic mass is 9.81. The number of nitrogens with one attached hydrogen (secondary N) is 1. The highest BCUT2D eigenvalue weighted by Crippen LogP contribution is 2.54. The van der Waals surface area contributed by atoms with E-state index >= 15 is 0 Å². The Hall–Kier alpha value is -3.07. The molecule has 6 rings (SSSR count). The van der Waals surface area contributed by atoms with E-state index in [1.54, 1.807) is 0 Å². The lowest BCUT2D eigenvalue weighted by molar-refractivity contribution is -0.137. The van der Waals surface area contributed by atoms with Crippen LogP contribution in [0.2, 0.25) is 0 Å². The third-order valence-electron chi connectivity index (χ3n) is 8.75. The predicted octanol–water partition coefficient (Wildman–Crippen LogP) is 5.63. The summed E-state index contributed by atoms with van der Waals surface area (Å²) in [6.45, 7) is 2.17. The number of rotatable bonds is 7. The van der Waals surface area contributed by atoms with Gasteiger partial charge >= 0.3 is 6.18 Å². The van der Waals surface area contributed by atoms with Gasteiger partial charge in [-0.25, -0.2) is 0 Å². The molecule has 2 aromatic carbocycles. The van der Waals surface area contributed by atoms with E-state index in [0.29, 0.717) is 30.6 Å². The molecule has 2 aliphatic carbocycles. The Kier molecular flexibility index (Phi) is 6.58. The maximum absolute atomic E-state index is 12.9. The van der Waals surface area contributed by atoms with Crippen molar-refractivity contribution in [1.82, 2.24) is 4.90 Å². The van der Waals surface area contributed by atoms with Gasteiger partial charge in [0.1, 0.15) is 5.78 Å². The second kappa shape index (κ2) is 9.91. The Balaban J connectivity index is 0.927. The highest BCUT2D eigenvalue weighted by Gasteiger charge is 2.59. The van der Waals surface area contributed by atoms with E-state index in [1.165, 1.54) is 17.7 Å². The molecular formula is C29H31F3N2O4. The molecular weight excluding hydrogens is 497 g/mol. The molecule has 1 amide bonds. The Morgan fingerprint density at radius 3 is 2.39 bits per heavy atom. The molecule has 2 saturated carbocycles. The standard InChI is InChI=1S/C29H31F3N2O4/c30-29(31,32)19-2-1-3-20(13-19)33-27(36)11-9-24(35)28-22-14-34(15-23(22)28)21-7-4-17(5-8-21)18-6-10-25-26(12-18)38-16-37-25/h1-3,6,10,12-13,17,21-23,28H,4-5,7-9,11,14-16H2,(H,33,36)/t17?,21?,22-,23+,28?. The van der Waals surface area contributed by atoms with Crippen molar-refractivity contribution in [3.05, 3.63) is 53.6 Å². The molecule has 4 aliphatic rings. The predicted molar refractivity (Wildman–Crippen MR) is 134 cm³/mol. The van der Waals surface area contributed by atoms with E-state index in [4.69, 9.17) is 9.47 Å². The van der Waals surface area contributed by atoms with Gasteiger partial charge in [0.25, 0.3) is 0 Å². The lowest BCUT2D eigenvalue weighted by Crippen LogP contribution is -2.38. The van der Waals surface area contributed by atoms with E-state index in [9.17, 15) is 22.8 Å². The minimum Gasteiger partial charge on any atom is -0.454 e. The van der Waals surface area contributed by atoms with Gasteiger partial charge in [0.05, 0.1) is 5.56 Å². The van der Waals surface area contributed by atoms with E-state index in [0.717, 1.165) is 62.4 Å². The van der Waals surface area contributed by atoms with Crippen molar-refractivity contribution in [2.24, 2.45) is 17.8 Å². The van der Waals surface area contributed by atoms with Gasteiger partial charge in [-0.05, 0) is 79.3 Å². The van der Waals surface area contributed by atoms with Crippen molar-refractivity contribution < 1.29 is 32.2 Å². The smallest absolute Gasteiger partial charge is 0.416 e. The third-order valence-corrected chi connectivity index (χ3v) is 8.75. The molecule has 38 heavy (non-hydrogen) atoms. The Morgan fingerprint density at radius 2 is 1.66 bits per heavy atom. The summed E-state index contributed by atoms with van der Waals surface area (Å²) in [6, 6.07) is 11.4. The van der Waals surface area contributed by atoms with Gasteiger partial charge in [0.15, 0.2) is 11.5 Å². The number of fused-ring (bicyclic) bond motifs is 2. The van der Waals surface area contributed by atoms with Gasteiger partial charge in [-0.2, -0.15) is 13.2 Å². The van der Waals surface area contributed by atoms with Gasteiger partial charge in [0, 0.05) is 43.6 Å². The van der Waals surface area contributed by atoms with E-state index < -0.39 is 17.6 Å². The first-order valence-corrected chi connectivity index (χ1v) is 13.4. The zero-order valence-electron chi connectivity index (χ0n) is 21.0. The number of ether oxygens (including phenoxy) is 2. The average molecular weight is 529 g/mol. The monoisotopic (exact) mass is 528 g/mol. The number of Topliss-reactive ketones (excluding diaryl/α,β-unsaturated/α-hetero) is 1. The molecule has 1 N–H and O–H groups in total. The van der Waals surface area contributed by atoms with Crippen molar-refractivity contribution in [3.63, 3.8) is 0 Å². The van der Waals surface area contributed by atoms with E-state index in [1.807, 2.05) is 6.07 Å². The van der Waals surface area contributed by atoms with E-state index in [-0.39, 0.29) is 30.2 Å². The van der Waals surface area contributed by atoms with Crippen LogP contribution in [-0.4, -0.2) is 42.5 Å². The Bertz CT molecular complexity index is 1210. The van der Waals surface area contributed by atoms with Crippen LogP contribution in [0, 0.1) is 17.8 Å². The number of hydrogen-bond acceptors (Lipinski definition) is 5. The molecule has 3 atom stereocenters. The van der Waals surface area contributed by atoms with Crippen molar-refractivity contribution >= 4 is 17.4 Å².